The van der Waals surface area contributed by atoms with Crippen LogP contribution in [0.5, 0.6) is 0 Å². The highest BCUT2D eigenvalue weighted by molar-refractivity contribution is 6.42. The molecule has 4 nitrogen and oxygen atoms in total. The van der Waals surface area contributed by atoms with Crippen LogP contribution in [0, 0.1) is 5.82 Å². The van der Waals surface area contributed by atoms with Gasteiger partial charge in [0.25, 0.3) is 5.91 Å². The molecule has 0 aliphatic rings. The first kappa shape index (κ1) is 20.0. The Morgan fingerprint density at radius 2 is 1.80 bits per heavy atom. The van der Waals surface area contributed by atoms with Crippen molar-refractivity contribution >= 4 is 46.2 Å². The Balaban J connectivity index is 1.70. The molecule has 4 rings (SSSR count). The van der Waals surface area contributed by atoms with E-state index < -0.39 is 5.91 Å². The van der Waals surface area contributed by atoms with Crippen LogP contribution >= 0.6 is 23.2 Å². The van der Waals surface area contributed by atoms with E-state index in [9.17, 15) is 9.18 Å². The van der Waals surface area contributed by atoms with E-state index in [0.29, 0.717) is 37.8 Å². The molecule has 1 heterocycles. The molecule has 0 radical (unpaired) electrons. The molecule has 0 fully saturated rings. The smallest absolute Gasteiger partial charge is 0.267 e. The lowest BCUT2D eigenvalue weighted by molar-refractivity contribution is 0.0956. The SMILES string of the molecule is O=C(NN=Cc1cccc(F)c1)c1cc(-c2ccc(Cl)c(Cl)c2)nc2ccccc12. The number of hydrazone groups is 1. The minimum absolute atomic E-state index is 0.378. The van der Waals surface area contributed by atoms with Crippen LogP contribution < -0.4 is 5.43 Å². The zero-order valence-corrected chi connectivity index (χ0v) is 17.0. The Kier molecular flexibility index (Phi) is 5.74. The molecular weight excluding hydrogens is 424 g/mol. The predicted octanol–water partition coefficient (Wildman–Crippen LogP) is 6.11. The van der Waals surface area contributed by atoms with E-state index in [1.54, 1.807) is 36.4 Å². The Bertz CT molecular complexity index is 1290. The molecule has 0 saturated carbocycles. The lowest BCUT2D eigenvalue weighted by atomic mass is 10.0. The number of rotatable bonds is 4. The van der Waals surface area contributed by atoms with Crippen LogP contribution in [0.3, 0.4) is 0 Å². The lowest BCUT2D eigenvalue weighted by Crippen LogP contribution is -2.18. The molecule has 148 valence electrons. The highest BCUT2D eigenvalue weighted by Gasteiger charge is 2.14. The van der Waals surface area contributed by atoms with Gasteiger partial charge in [-0.2, -0.15) is 5.10 Å². The lowest BCUT2D eigenvalue weighted by Gasteiger charge is -2.09. The standard InChI is InChI=1S/C23H14Cl2FN3O/c24-19-9-8-15(11-20(19)25)22-12-18(17-6-1-2-7-21(17)28-22)23(30)29-27-13-14-4-3-5-16(26)10-14/h1-13H,(H,29,30). The first-order chi connectivity index (χ1) is 14.5. The summed E-state index contributed by atoms with van der Waals surface area (Å²) in [5, 5.41) is 5.46. The fraction of sp³-hybridized carbons (Fsp3) is 0. The summed E-state index contributed by atoms with van der Waals surface area (Å²) < 4.78 is 13.3. The molecule has 0 saturated heterocycles. The number of amides is 1. The Hall–Kier alpha value is -3.28. The summed E-state index contributed by atoms with van der Waals surface area (Å²) in [6.45, 7) is 0. The number of carbonyl (C=O) groups excluding carboxylic acids is 1. The van der Waals surface area contributed by atoms with Gasteiger partial charge >= 0.3 is 0 Å². The van der Waals surface area contributed by atoms with Crippen LogP contribution in [0.15, 0.2) is 77.9 Å². The number of benzene rings is 3. The molecule has 0 aliphatic heterocycles. The molecule has 1 N–H and O–H groups in total. The van der Waals surface area contributed by atoms with Gasteiger partial charge in [0.05, 0.1) is 33.0 Å². The van der Waals surface area contributed by atoms with E-state index in [4.69, 9.17) is 23.2 Å². The Morgan fingerprint density at radius 3 is 2.60 bits per heavy atom. The van der Waals surface area contributed by atoms with Gasteiger partial charge in [0.2, 0.25) is 0 Å². The molecule has 0 unspecified atom stereocenters. The van der Waals surface area contributed by atoms with Crippen molar-refractivity contribution in [2.45, 2.75) is 0 Å². The number of nitrogens with zero attached hydrogens (tertiary/aromatic N) is 2. The minimum Gasteiger partial charge on any atom is -0.267 e. The molecule has 0 atom stereocenters. The number of nitrogens with one attached hydrogen (secondary N) is 1. The largest absolute Gasteiger partial charge is 0.272 e. The second-order valence-corrected chi connectivity index (χ2v) is 7.27. The number of carbonyl (C=O) groups is 1. The van der Waals surface area contributed by atoms with Gasteiger partial charge in [-0.15, -0.1) is 0 Å². The molecule has 7 heteroatoms. The fourth-order valence-electron chi connectivity index (χ4n) is 2.98. The molecule has 0 spiro atoms. The number of halogens is 3. The summed E-state index contributed by atoms with van der Waals surface area (Å²) in [4.78, 5) is 17.5. The highest BCUT2D eigenvalue weighted by atomic mass is 35.5. The third kappa shape index (κ3) is 4.32. The van der Waals surface area contributed by atoms with Gasteiger partial charge in [0.15, 0.2) is 0 Å². The molecule has 0 bridgehead atoms. The number of pyridine rings is 1. The summed E-state index contributed by atoms with van der Waals surface area (Å²) in [5.74, 6) is -0.792. The summed E-state index contributed by atoms with van der Waals surface area (Å²) in [6, 6.07) is 20.1. The number of aromatic nitrogens is 1. The number of hydrogen-bond donors (Lipinski definition) is 1. The van der Waals surface area contributed by atoms with E-state index in [0.717, 1.165) is 5.56 Å². The normalized spacial score (nSPS) is 11.2. The van der Waals surface area contributed by atoms with Gasteiger partial charge in [-0.25, -0.2) is 14.8 Å². The van der Waals surface area contributed by atoms with Crippen molar-refractivity contribution in [3.8, 4) is 11.3 Å². The van der Waals surface area contributed by atoms with Crippen molar-refractivity contribution in [2.75, 3.05) is 0 Å². The maximum Gasteiger partial charge on any atom is 0.272 e. The highest BCUT2D eigenvalue weighted by Crippen LogP contribution is 2.30. The fourth-order valence-corrected chi connectivity index (χ4v) is 3.28. The number of fused-ring (bicyclic) bond motifs is 1. The Morgan fingerprint density at radius 1 is 0.967 bits per heavy atom. The summed E-state index contributed by atoms with van der Waals surface area (Å²) >= 11 is 12.1. The van der Waals surface area contributed by atoms with Crippen LogP contribution in [0.4, 0.5) is 4.39 Å². The van der Waals surface area contributed by atoms with Crippen molar-refractivity contribution in [2.24, 2.45) is 5.10 Å². The molecule has 1 aromatic heterocycles. The van der Waals surface area contributed by atoms with Crippen LogP contribution in [-0.2, 0) is 0 Å². The zero-order chi connectivity index (χ0) is 21.1. The van der Waals surface area contributed by atoms with Gasteiger partial charge in [-0.3, -0.25) is 4.79 Å². The molecule has 4 aromatic rings. The average Bonchev–Trinajstić information content (AvgIpc) is 2.75. The van der Waals surface area contributed by atoms with Crippen molar-refractivity contribution in [1.82, 2.24) is 10.4 Å². The summed E-state index contributed by atoms with van der Waals surface area (Å²) in [5.41, 5.74) is 5.38. The molecule has 0 aliphatic carbocycles. The predicted molar refractivity (Wildman–Crippen MR) is 119 cm³/mol. The van der Waals surface area contributed by atoms with Crippen molar-refractivity contribution < 1.29 is 9.18 Å². The second-order valence-electron chi connectivity index (χ2n) is 6.46. The van der Waals surface area contributed by atoms with Gasteiger partial charge in [-0.05, 0) is 42.0 Å². The van der Waals surface area contributed by atoms with Crippen molar-refractivity contribution in [3.63, 3.8) is 0 Å². The van der Waals surface area contributed by atoms with Crippen molar-refractivity contribution in [3.05, 3.63) is 99.8 Å². The molecule has 1 amide bonds. The monoisotopic (exact) mass is 437 g/mol. The topological polar surface area (TPSA) is 54.4 Å². The molecule has 30 heavy (non-hydrogen) atoms. The average molecular weight is 438 g/mol. The molecule has 3 aromatic carbocycles. The Labute approximate surface area is 182 Å². The maximum atomic E-state index is 13.3. The summed E-state index contributed by atoms with van der Waals surface area (Å²) in [6.07, 6.45) is 1.38. The number of para-hydroxylation sites is 1. The third-order valence-corrected chi connectivity index (χ3v) is 5.14. The van der Waals surface area contributed by atoms with Gasteiger partial charge < -0.3 is 0 Å². The minimum atomic E-state index is -0.414. The summed E-state index contributed by atoms with van der Waals surface area (Å²) in [7, 11) is 0. The van der Waals surface area contributed by atoms with Crippen molar-refractivity contribution in [1.29, 1.82) is 0 Å². The van der Waals surface area contributed by atoms with E-state index in [1.165, 1.54) is 18.3 Å². The van der Waals surface area contributed by atoms with Crippen LogP contribution in [0.1, 0.15) is 15.9 Å². The quantitative estimate of drug-likeness (QED) is 0.309. The second kappa shape index (κ2) is 8.61. The molecular formula is C23H14Cl2FN3O. The van der Waals surface area contributed by atoms with Gasteiger partial charge in [0.1, 0.15) is 5.82 Å². The first-order valence-electron chi connectivity index (χ1n) is 8.95. The zero-order valence-electron chi connectivity index (χ0n) is 15.4. The van der Waals surface area contributed by atoms with Crippen LogP contribution in [0.25, 0.3) is 22.2 Å². The van der Waals surface area contributed by atoms with E-state index in [-0.39, 0.29) is 5.82 Å². The van der Waals surface area contributed by atoms with E-state index in [2.05, 4.69) is 15.5 Å². The third-order valence-electron chi connectivity index (χ3n) is 4.40. The van der Waals surface area contributed by atoms with Crippen LogP contribution in [-0.4, -0.2) is 17.1 Å². The number of hydrogen-bond acceptors (Lipinski definition) is 3. The van der Waals surface area contributed by atoms with Gasteiger partial charge in [-0.1, -0.05) is 59.6 Å². The maximum absolute atomic E-state index is 13.3. The van der Waals surface area contributed by atoms with Gasteiger partial charge in [0, 0.05) is 10.9 Å². The van der Waals surface area contributed by atoms with E-state index >= 15 is 0 Å². The van der Waals surface area contributed by atoms with E-state index in [1.807, 2.05) is 24.3 Å². The van der Waals surface area contributed by atoms with Crippen LogP contribution in [0.2, 0.25) is 10.0 Å². The first-order valence-corrected chi connectivity index (χ1v) is 9.71.